The van der Waals surface area contributed by atoms with E-state index in [2.05, 4.69) is 15.7 Å². The van der Waals surface area contributed by atoms with Gasteiger partial charge >= 0.3 is 6.09 Å². The van der Waals surface area contributed by atoms with Crippen LogP contribution in [0.4, 0.5) is 20.6 Å². The molecule has 2 heterocycles. The molecule has 0 bridgehead atoms. The van der Waals surface area contributed by atoms with E-state index >= 15 is 0 Å². The number of benzene rings is 2. The molecule has 0 fully saturated rings. The SMILES string of the molecule is Cn1cc(CCNc2cccc3c4cccc(NC(=O)Oc5cccc(F)c5)cc-4nc23)cn1. The third-order valence-electron chi connectivity index (χ3n) is 5.41. The van der Waals surface area contributed by atoms with Crippen molar-refractivity contribution in [3.05, 3.63) is 90.5 Å². The standard InChI is InChI=1S/C26H22FN5O2/c1-32-16-17(15-29-32)11-12-28-23-10-4-9-22-21-8-3-6-19(14-24(21)31-25(22)23)30-26(33)34-20-7-2-5-18(27)13-20/h2-10,13-16,28H,11-12H2,1H3,(H,30,33). The number of hydrogen-bond acceptors (Lipinski definition) is 5. The number of aromatic nitrogens is 3. The lowest BCUT2D eigenvalue weighted by molar-refractivity contribution is 0.215. The first-order valence-electron chi connectivity index (χ1n) is 10.8. The van der Waals surface area contributed by atoms with Crippen molar-refractivity contribution < 1.29 is 13.9 Å². The minimum absolute atomic E-state index is 0.127. The van der Waals surface area contributed by atoms with Gasteiger partial charge in [-0.3, -0.25) is 10.00 Å². The second-order valence-electron chi connectivity index (χ2n) is 7.91. The first-order chi connectivity index (χ1) is 16.5. The molecule has 5 rings (SSSR count). The van der Waals surface area contributed by atoms with Crippen molar-refractivity contribution in [2.75, 3.05) is 17.2 Å². The molecular weight excluding hydrogens is 433 g/mol. The second kappa shape index (κ2) is 9.19. The Kier molecular flexibility index (Phi) is 5.78. The molecule has 0 unspecified atom stereocenters. The highest BCUT2D eigenvalue weighted by molar-refractivity contribution is 6.03. The number of halogens is 1. The number of nitrogens with one attached hydrogen (secondary N) is 2. The Hall–Kier alpha value is -4.46. The summed E-state index contributed by atoms with van der Waals surface area (Å²) in [6.45, 7) is 0.751. The van der Waals surface area contributed by atoms with Crippen molar-refractivity contribution in [3.8, 4) is 17.0 Å². The van der Waals surface area contributed by atoms with Crippen LogP contribution in [-0.4, -0.2) is 27.4 Å². The molecule has 3 aromatic rings. The summed E-state index contributed by atoms with van der Waals surface area (Å²) in [4.78, 5) is 17.1. The number of ether oxygens (including phenoxy) is 1. The number of nitrogens with zero attached hydrogens (tertiary/aromatic N) is 3. The molecule has 1 aliphatic heterocycles. The number of fused-ring (bicyclic) bond motifs is 3. The van der Waals surface area contributed by atoms with Crippen molar-refractivity contribution in [3.63, 3.8) is 0 Å². The van der Waals surface area contributed by atoms with Crippen LogP contribution in [0.3, 0.4) is 0 Å². The average Bonchev–Trinajstić information content (AvgIpc) is 3.31. The molecule has 1 amide bonds. The number of carbonyl (C=O) groups excluding carboxylic acids is 1. The van der Waals surface area contributed by atoms with Crippen LogP contribution < -0.4 is 15.4 Å². The van der Waals surface area contributed by atoms with Gasteiger partial charge in [-0.25, -0.2) is 14.2 Å². The molecule has 0 saturated carbocycles. The number of para-hydroxylation sites is 1. The highest BCUT2D eigenvalue weighted by Crippen LogP contribution is 2.35. The third-order valence-corrected chi connectivity index (χ3v) is 5.41. The number of aryl methyl sites for hydroxylation is 1. The molecule has 8 heteroatoms. The van der Waals surface area contributed by atoms with Gasteiger partial charge in [0, 0.05) is 42.5 Å². The summed E-state index contributed by atoms with van der Waals surface area (Å²) in [6, 6.07) is 18.8. The van der Waals surface area contributed by atoms with E-state index in [9.17, 15) is 9.18 Å². The summed E-state index contributed by atoms with van der Waals surface area (Å²) in [5.74, 6) is -0.349. The van der Waals surface area contributed by atoms with Gasteiger partial charge in [-0.2, -0.15) is 5.10 Å². The Bertz CT molecular complexity index is 1450. The molecule has 7 nitrogen and oxygen atoms in total. The Balaban J connectivity index is 1.35. The van der Waals surface area contributed by atoms with Crippen LogP contribution in [0.15, 0.2) is 79.1 Å². The molecule has 2 N–H and O–H groups in total. The number of anilines is 2. The minimum atomic E-state index is -0.709. The summed E-state index contributed by atoms with van der Waals surface area (Å²) in [6.07, 6.45) is 4.01. The van der Waals surface area contributed by atoms with Gasteiger partial charge in [-0.15, -0.1) is 0 Å². The molecule has 1 aromatic heterocycles. The van der Waals surface area contributed by atoms with E-state index in [-0.39, 0.29) is 5.75 Å². The third kappa shape index (κ3) is 4.66. The van der Waals surface area contributed by atoms with Crippen LogP contribution in [0.5, 0.6) is 5.75 Å². The first kappa shape index (κ1) is 21.4. The lowest BCUT2D eigenvalue weighted by Crippen LogP contribution is -2.16. The molecule has 0 atom stereocenters. The Morgan fingerprint density at radius 2 is 1.94 bits per heavy atom. The van der Waals surface area contributed by atoms with Gasteiger partial charge in [0.1, 0.15) is 11.6 Å². The molecule has 0 saturated heterocycles. The zero-order valence-corrected chi connectivity index (χ0v) is 18.5. The van der Waals surface area contributed by atoms with E-state index in [1.54, 1.807) is 16.8 Å². The molecule has 1 aliphatic carbocycles. The van der Waals surface area contributed by atoms with Crippen molar-refractivity contribution in [1.29, 1.82) is 0 Å². The Morgan fingerprint density at radius 3 is 2.76 bits per heavy atom. The fraction of sp³-hybridized carbons (Fsp3) is 0.115. The minimum Gasteiger partial charge on any atom is -0.410 e. The fourth-order valence-corrected chi connectivity index (χ4v) is 3.87. The van der Waals surface area contributed by atoms with E-state index in [0.29, 0.717) is 5.69 Å². The van der Waals surface area contributed by atoms with E-state index in [1.165, 1.54) is 18.2 Å². The fourth-order valence-electron chi connectivity index (χ4n) is 3.87. The van der Waals surface area contributed by atoms with Crippen molar-refractivity contribution in [1.82, 2.24) is 14.8 Å². The lowest BCUT2D eigenvalue weighted by Gasteiger charge is -2.06. The van der Waals surface area contributed by atoms with Gasteiger partial charge in [0.2, 0.25) is 0 Å². The van der Waals surface area contributed by atoms with Crippen LogP contribution in [-0.2, 0) is 13.5 Å². The molecule has 2 aromatic carbocycles. The number of carbonyl (C=O) groups is 1. The molecule has 0 spiro atoms. The molecule has 2 aliphatic rings. The number of amides is 1. The van der Waals surface area contributed by atoms with E-state index in [1.807, 2.05) is 49.8 Å². The first-order valence-corrected chi connectivity index (χ1v) is 10.8. The zero-order chi connectivity index (χ0) is 23.5. The van der Waals surface area contributed by atoms with Gasteiger partial charge in [0.15, 0.2) is 0 Å². The van der Waals surface area contributed by atoms with Crippen LogP contribution in [0.2, 0.25) is 0 Å². The molecule has 34 heavy (non-hydrogen) atoms. The van der Waals surface area contributed by atoms with Gasteiger partial charge < -0.3 is 10.1 Å². The lowest BCUT2D eigenvalue weighted by atomic mass is 10.1. The summed E-state index contributed by atoms with van der Waals surface area (Å²) >= 11 is 0. The molecular formula is C26H22FN5O2. The van der Waals surface area contributed by atoms with E-state index in [0.717, 1.165) is 52.4 Å². The summed E-state index contributed by atoms with van der Waals surface area (Å²) in [5.41, 5.74) is 5.20. The molecule has 0 radical (unpaired) electrons. The molecule has 170 valence electrons. The second-order valence-corrected chi connectivity index (χ2v) is 7.91. The maximum Gasteiger partial charge on any atom is 0.417 e. The summed E-state index contributed by atoms with van der Waals surface area (Å²) in [7, 11) is 1.90. The maximum atomic E-state index is 13.3. The number of hydrogen-bond donors (Lipinski definition) is 2. The largest absolute Gasteiger partial charge is 0.417 e. The highest BCUT2D eigenvalue weighted by atomic mass is 19.1. The average molecular weight is 455 g/mol. The maximum absolute atomic E-state index is 13.3. The van der Waals surface area contributed by atoms with E-state index < -0.39 is 11.9 Å². The van der Waals surface area contributed by atoms with Gasteiger partial charge in [0.25, 0.3) is 0 Å². The van der Waals surface area contributed by atoms with Gasteiger partial charge in [-0.05, 0) is 42.3 Å². The van der Waals surface area contributed by atoms with Crippen molar-refractivity contribution in [2.24, 2.45) is 7.05 Å². The topological polar surface area (TPSA) is 81.1 Å². The quantitative estimate of drug-likeness (QED) is 0.355. The predicted molar refractivity (Wildman–Crippen MR) is 130 cm³/mol. The summed E-state index contributed by atoms with van der Waals surface area (Å²) < 4.78 is 20.3. The zero-order valence-electron chi connectivity index (χ0n) is 18.5. The van der Waals surface area contributed by atoms with E-state index in [4.69, 9.17) is 9.72 Å². The summed E-state index contributed by atoms with van der Waals surface area (Å²) in [5, 5.41) is 11.4. The van der Waals surface area contributed by atoms with Crippen LogP contribution >= 0.6 is 0 Å². The predicted octanol–water partition coefficient (Wildman–Crippen LogP) is 5.48. The number of rotatable bonds is 6. The monoisotopic (exact) mass is 455 g/mol. The van der Waals surface area contributed by atoms with Crippen LogP contribution in [0.25, 0.3) is 22.2 Å². The van der Waals surface area contributed by atoms with Crippen molar-refractivity contribution in [2.45, 2.75) is 6.42 Å². The normalized spacial score (nSPS) is 11.0. The highest BCUT2D eigenvalue weighted by Gasteiger charge is 2.15. The van der Waals surface area contributed by atoms with Crippen LogP contribution in [0, 0.1) is 5.82 Å². The Morgan fingerprint density at radius 1 is 1.09 bits per heavy atom. The smallest absolute Gasteiger partial charge is 0.410 e. The van der Waals surface area contributed by atoms with Gasteiger partial charge in [-0.1, -0.05) is 30.3 Å². The van der Waals surface area contributed by atoms with Crippen LogP contribution in [0.1, 0.15) is 5.56 Å². The Labute approximate surface area is 195 Å². The van der Waals surface area contributed by atoms with Gasteiger partial charge in [0.05, 0.1) is 23.1 Å². The van der Waals surface area contributed by atoms with Crippen molar-refractivity contribution >= 4 is 28.4 Å².